The number of thiophene rings is 1. The predicted molar refractivity (Wildman–Crippen MR) is 78.0 cm³/mol. The highest BCUT2D eigenvalue weighted by Crippen LogP contribution is 2.31. The highest BCUT2D eigenvalue weighted by atomic mass is 32.1. The first-order chi connectivity index (χ1) is 8.33. The van der Waals surface area contributed by atoms with Crippen LogP contribution in [0.15, 0.2) is 29.6 Å². The molecule has 17 heavy (non-hydrogen) atoms. The average Bonchev–Trinajstić information content (AvgIpc) is 2.82. The molecular formula is C15H21NS. The third kappa shape index (κ3) is 3.08. The zero-order valence-electron chi connectivity index (χ0n) is 10.7. The zero-order chi connectivity index (χ0) is 12.1. The zero-order valence-corrected chi connectivity index (χ0v) is 11.5. The molecule has 0 saturated heterocycles. The van der Waals surface area contributed by atoms with Gasteiger partial charge in [0.1, 0.15) is 0 Å². The third-order valence-electron chi connectivity index (χ3n) is 3.22. The van der Waals surface area contributed by atoms with Crippen LogP contribution in [0.4, 0.5) is 0 Å². The Kier molecular flexibility index (Phi) is 4.57. The first kappa shape index (κ1) is 12.6. The Bertz CT molecular complexity index is 461. The lowest BCUT2D eigenvalue weighted by Gasteiger charge is -2.13. The van der Waals surface area contributed by atoms with E-state index in [-0.39, 0.29) is 0 Å². The van der Waals surface area contributed by atoms with Crippen molar-refractivity contribution in [2.45, 2.75) is 32.6 Å². The minimum absolute atomic E-state index is 0.640. The molecule has 92 valence electrons. The van der Waals surface area contributed by atoms with Crippen LogP contribution in [0.3, 0.4) is 0 Å². The third-order valence-corrected chi connectivity index (χ3v) is 4.20. The number of hydrogen-bond acceptors (Lipinski definition) is 2. The van der Waals surface area contributed by atoms with Crippen LogP contribution in [-0.4, -0.2) is 13.1 Å². The minimum atomic E-state index is 0.640. The van der Waals surface area contributed by atoms with Gasteiger partial charge in [0.15, 0.2) is 0 Å². The van der Waals surface area contributed by atoms with E-state index in [4.69, 9.17) is 0 Å². The molecule has 0 saturated carbocycles. The molecule has 1 N–H and O–H groups in total. The predicted octanol–water partition coefficient (Wildman–Crippen LogP) is 4.39. The summed E-state index contributed by atoms with van der Waals surface area (Å²) in [7, 11) is 0. The maximum Gasteiger partial charge on any atom is 0.0377 e. The topological polar surface area (TPSA) is 12.0 Å². The summed E-state index contributed by atoms with van der Waals surface area (Å²) in [6, 6.07) is 8.88. The van der Waals surface area contributed by atoms with E-state index in [1.807, 2.05) is 11.3 Å². The Labute approximate surface area is 108 Å². The largest absolute Gasteiger partial charge is 0.317 e. The molecule has 0 aliphatic carbocycles. The summed E-state index contributed by atoms with van der Waals surface area (Å²) >= 11 is 1.87. The number of hydrogen-bond donors (Lipinski definition) is 1. The second kappa shape index (κ2) is 6.18. The molecule has 1 nitrogen and oxygen atoms in total. The van der Waals surface area contributed by atoms with E-state index in [0.29, 0.717) is 5.92 Å². The van der Waals surface area contributed by atoms with Gasteiger partial charge in [0, 0.05) is 4.70 Å². The van der Waals surface area contributed by atoms with Crippen molar-refractivity contribution in [3.8, 4) is 0 Å². The maximum absolute atomic E-state index is 3.48. The van der Waals surface area contributed by atoms with Gasteiger partial charge in [0.25, 0.3) is 0 Å². The van der Waals surface area contributed by atoms with Crippen molar-refractivity contribution in [3.63, 3.8) is 0 Å². The molecule has 0 amide bonds. The van der Waals surface area contributed by atoms with Gasteiger partial charge < -0.3 is 5.32 Å². The molecule has 0 fully saturated rings. The Morgan fingerprint density at radius 2 is 2.12 bits per heavy atom. The Morgan fingerprint density at radius 3 is 2.94 bits per heavy atom. The molecule has 1 aromatic heterocycles. The molecule has 0 radical (unpaired) electrons. The van der Waals surface area contributed by atoms with Gasteiger partial charge in [-0.15, -0.1) is 11.3 Å². The summed E-state index contributed by atoms with van der Waals surface area (Å²) < 4.78 is 1.47. The van der Waals surface area contributed by atoms with Gasteiger partial charge in [-0.1, -0.05) is 32.0 Å². The van der Waals surface area contributed by atoms with Crippen LogP contribution < -0.4 is 5.32 Å². The van der Waals surface area contributed by atoms with Gasteiger partial charge in [0.2, 0.25) is 0 Å². The van der Waals surface area contributed by atoms with Gasteiger partial charge in [-0.25, -0.2) is 0 Å². The average molecular weight is 247 g/mol. The maximum atomic E-state index is 3.48. The van der Waals surface area contributed by atoms with Crippen molar-refractivity contribution >= 4 is 21.4 Å². The number of nitrogens with one attached hydrogen (secondary N) is 1. The molecule has 1 aromatic carbocycles. The second-order valence-corrected chi connectivity index (χ2v) is 5.54. The molecular weight excluding hydrogens is 226 g/mol. The molecule has 2 aromatic rings. The van der Waals surface area contributed by atoms with Gasteiger partial charge in [-0.05, 0) is 54.2 Å². The van der Waals surface area contributed by atoms with Crippen molar-refractivity contribution in [3.05, 3.63) is 35.2 Å². The molecule has 0 spiro atoms. The molecule has 2 rings (SSSR count). The summed E-state index contributed by atoms with van der Waals surface area (Å²) in [5, 5.41) is 7.06. The van der Waals surface area contributed by atoms with E-state index in [1.54, 1.807) is 0 Å². The van der Waals surface area contributed by atoms with E-state index in [0.717, 1.165) is 13.1 Å². The van der Waals surface area contributed by atoms with Crippen LogP contribution in [0.5, 0.6) is 0 Å². The van der Waals surface area contributed by atoms with E-state index in [9.17, 15) is 0 Å². The summed E-state index contributed by atoms with van der Waals surface area (Å²) in [4.78, 5) is 0. The Hall–Kier alpha value is -0.860. The van der Waals surface area contributed by atoms with Crippen LogP contribution in [-0.2, 0) is 0 Å². The number of rotatable bonds is 6. The second-order valence-electron chi connectivity index (χ2n) is 4.63. The summed E-state index contributed by atoms with van der Waals surface area (Å²) in [5.41, 5.74) is 1.51. The molecule has 2 heteroatoms. The van der Waals surface area contributed by atoms with E-state index < -0.39 is 0 Å². The smallest absolute Gasteiger partial charge is 0.0377 e. The van der Waals surface area contributed by atoms with Crippen molar-refractivity contribution < 1.29 is 0 Å². The standard InChI is InChI=1S/C15H21NS/c1-3-9-16-10-7-12(2)14-6-4-5-13-8-11-17-15(13)14/h4-6,8,11-12,16H,3,7,9-10H2,1-2H3. The minimum Gasteiger partial charge on any atom is -0.317 e. The molecule has 1 unspecified atom stereocenters. The van der Waals surface area contributed by atoms with Gasteiger partial charge in [0.05, 0.1) is 0 Å². The van der Waals surface area contributed by atoms with Crippen molar-refractivity contribution in [2.24, 2.45) is 0 Å². The Balaban J connectivity index is 2.03. The quantitative estimate of drug-likeness (QED) is 0.746. The lowest BCUT2D eigenvalue weighted by atomic mass is 9.97. The summed E-state index contributed by atoms with van der Waals surface area (Å²) in [6.45, 7) is 6.80. The first-order valence-electron chi connectivity index (χ1n) is 6.49. The normalized spacial score (nSPS) is 13.1. The van der Waals surface area contributed by atoms with Gasteiger partial charge in [-0.2, -0.15) is 0 Å². The lowest BCUT2D eigenvalue weighted by Crippen LogP contribution is -2.17. The van der Waals surface area contributed by atoms with Gasteiger partial charge >= 0.3 is 0 Å². The fourth-order valence-electron chi connectivity index (χ4n) is 2.18. The highest BCUT2D eigenvalue weighted by molar-refractivity contribution is 7.17. The molecule has 0 aliphatic rings. The molecule has 1 heterocycles. The molecule has 0 aliphatic heterocycles. The highest BCUT2D eigenvalue weighted by Gasteiger charge is 2.09. The van der Waals surface area contributed by atoms with E-state index in [1.165, 1.54) is 28.5 Å². The van der Waals surface area contributed by atoms with Crippen LogP contribution >= 0.6 is 11.3 Å². The van der Waals surface area contributed by atoms with Crippen LogP contribution in [0.1, 0.15) is 38.2 Å². The SMILES string of the molecule is CCCNCCC(C)c1cccc2ccsc12. The Morgan fingerprint density at radius 1 is 1.24 bits per heavy atom. The molecule has 1 atom stereocenters. The van der Waals surface area contributed by atoms with Crippen molar-refractivity contribution in [1.82, 2.24) is 5.32 Å². The van der Waals surface area contributed by atoms with Gasteiger partial charge in [-0.3, -0.25) is 0 Å². The van der Waals surface area contributed by atoms with Crippen molar-refractivity contribution in [2.75, 3.05) is 13.1 Å². The van der Waals surface area contributed by atoms with Crippen LogP contribution in [0.25, 0.3) is 10.1 Å². The fraction of sp³-hybridized carbons (Fsp3) is 0.467. The summed E-state index contributed by atoms with van der Waals surface area (Å²) in [6.07, 6.45) is 2.44. The van der Waals surface area contributed by atoms with Crippen LogP contribution in [0, 0.1) is 0 Å². The fourth-order valence-corrected chi connectivity index (χ4v) is 3.21. The monoisotopic (exact) mass is 247 g/mol. The first-order valence-corrected chi connectivity index (χ1v) is 7.37. The van der Waals surface area contributed by atoms with E-state index in [2.05, 4.69) is 48.8 Å². The van der Waals surface area contributed by atoms with E-state index >= 15 is 0 Å². The van der Waals surface area contributed by atoms with Crippen LogP contribution in [0.2, 0.25) is 0 Å². The summed E-state index contributed by atoms with van der Waals surface area (Å²) in [5.74, 6) is 0.640. The molecule has 0 bridgehead atoms. The number of fused-ring (bicyclic) bond motifs is 1. The number of benzene rings is 1. The van der Waals surface area contributed by atoms with Crippen molar-refractivity contribution in [1.29, 1.82) is 0 Å². The lowest BCUT2D eigenvalue weighted by molar-refractivity contribution is 0.593.